The number of benzene rings is 2. The van der Waals surface area contributed by atoms with Crippen molar-refractivity contribution in [2.75, 3.05) is 38.2 Å². The summed E-state index contributed by atoms with van der Waals surface area (Å²) in [4.78, 5) is 18.3. The van der Waals surface area contributed by atoms with E-state index < -0.39 is 0 Å². The van der Waals surface area contributed by atoms with Gasteiger partial charge in [-0.05, 0) is 62.2 Å². The fourth-order valence-electron chi connectivity index (χ4n) is 3.41. The number of anilines is 1. The fourth-order valence-corrected chi connectivity index (χ4v) is 4.36. The van der Waals surface area contributed by atoms with Crippen LogP contribution in [-0.4, -0.2) is 49.3 Å². The number of methoxy groups -OCH3 is 1. The quantitative estimate of drug-likeness (QED) is 0.726. The van der Waals surface area contributed by atoms with E-state index in [1.54, 1.807) is 18.9 Å². The number of amides is 1. The Morgan fingerprint density at radius 1 is 1.04 bits per heavy atom. The number of nitrogens with zero attached hydrogens (tertiary/aromatic N) is 2. The minimum absolute atomic E-state index is 0.0920. The highest BCUT2D eigenvalue weighted by Crippen LogP contribution is 2.28. The number of rotatable bonds is 5. The van der Waals surface area contributed by atoms with Crippen LogP contribution in [0, 0.1) is 13.8 Å². The molecule has 0 spiro atoms. The van der Waals surface area contributed by atoms with Crippen LogP contribution in [0.3, 0.4) is 0 Å². The molecule has 1 heterocycles. The Bertz CT molecular complexity index is 783. The van der Waals surface area contributed by atoms with Crippen molar-refractivity contribution in [3.8, 4) is 5.75 Å². The van der Waals surface area contributed by atoms with Gasteiger partial charge in [0.25, 0.3) is 0 Å². The largest absolute Gasteiger partial charge is 0.497 e. The Balaban J connectivity index is 1.56. The van der Waals surface area contributed by atoms with Crippen LogP contribution in [0.1, 0.15) is 18.1 Å². The average Bonchev–Trinajstić information content (AvgIpc) is 2.70. The fraction of sp³-hybridized carbons (Fsp3) is 0.409. The molecule has 0 unspecified atom stereocenters. The smallest absolute Gasteiger partial charge is 0.235 e. The number of hydrogen-bond acceptors (Lipinski definition) is 4. The van der Waals surface area contributed by atoms with Crippen LogP contribution in [0.25, 0.3) is 0 Å². The minimum atomic E-state index is -0.0920. The SMILES string of the molecule is COc1ccc(S[C@@H](C)C(=O)N2CCN(c3cccc(C)c3C)CC2)cc1. The van der Waals surface area contributed by atoms with Crippen LogP contribution < -0.4 is 9.64 Å². The number of ether oxygens (including phenoxy) is 1. The summed E-state index contributed by atoms with van der Waals surface area (Å²) in [6, 6.07) is 14.3. The highest BCUT2D eigenvalue weighted by Gasteiger charge is 2.26. The van der Waals surface area contributed by atoms with E-state index in [4.69, 9.17) is 4.74 Å². The van der Waals surface area contributed by atoms with Crippen molar-refractivity contribution in [1.29, 1.82) is 0 Å². The molecule has 1 saturated heterocycles. The van der Waals surface area contributed by atoms with Crippen molar-refractivity contribution in [3.63, 3.8) is 0 Å². The topological polar surface area (TPSA) is 32.8 Å². The van der Waals surface area contributed by atoms with Crippen molar-refractivity contribution in [3.05, 3.63) is 53.6 Å². The third-order valence-electron chi connectivity index (χ3n) is 5.23. The third-order valence-corrected chi connectivity index (χ3v) is 6.33. The van der Waals surface area contributed by atoms with E-state index in [0.717, 1.165) is 36.8 Å². The van der Waals surface area contributed by atoms with Crippen LogP contribution in [0.4, 0.5) is 5.69 Å². The molecule has 1 aliphatic heterocycles. The van der Waals surface area contributed by atoms with Gasteiger partial charge in [-0.15, -0.1) is 11.8 Å². The van der Waals surface area contributed by atoms with Crippen LogP contribution in [0.5, 0.6) is 5.75 Å². The first-order valence-electron chi connectivity index (χ1n) is 9.40. The van der Waals surface area contributed by atoms with Crippen molar-refractivity contribution in [2.24, 2.45) is 0 Å². The van der Waals surface area contributed by atoms with Gasteiger partial charge in [0.15, 0.2) is 0 Å². The Morgan fingerprint density at radius 2 is 1.70 bits per heavy atom. The van der Waals surface area contributed by atoms with E-state index in [0.29, 0.717) is 0 Å². The highest BCUT2D eigenvalue weighted by molar-refractivity contribution is 8.00. The van der Waals surface area contributed by atoms with Crippen molar-refractivity contribution >= 4 is 23.4 Å². The lowest BCUT2D eigenvalue weighted by Crippen LogP contribution is -2.50. The maximum absolute atomic E-state index is 12.9. The van der Waals surface area contributed by atoms with Gasteiger partial charge in [-0.1, -0.05) is 12.1 Å². The van der Waals surface area contributed by atoms with E-state index in [1.807, 2.05) is 36.1 Å². The molecule has 1 aliphatic rings. The van der Waals surface area contributed by atoms with E-state index in [-0.39, 0.29) is 11.2 Å². The van der Waals surface area contributed by atoms with Gasteiger partial charge >= 0.3 is 0 Å². The molecule has 27 heavy (non-hydrogen) atoms. The summed E-state index contributed by atoms with van der Waals surface area (Å²) in [7, 11) is 1.66. The molecule has 5 heteroatoms. The summed E-state index contributed by atoms with van der Waals surface area (Å²) in [5, 5.41) is -0.0920. The number of carbonyl (C=O) groups excluding carboxylic acids is 1. The molecule has 0 N–H and O–H groups in total. The first-order valence-corrected chi connectivity index (χ1v) is 10.3. The molecule has 2 aromatic carbocycles. The maximum atomic E-state index is 12.9. The van der Waals surface area contributed by atoms with Crippen LogP contribution >= 0.6 is 11.8 Å². The van der Waals surface area contributed by atoms with E-state index in [9.17, 15) is 4.79 Å². The second-order valence-electron chi connectivity index (χ2n) is 6.97. The summed E-state index contributed by atoms with van der Waals surface area (Å²) < 4.78 is 5.19. The summed E-state index contributed by atoms with van der Waals surface area (Å²) in [6.45, 7) is 9.64. The molecule has 1 amide bonds. The van der Waals surface area contributed by atoms with Gasteiger partial charge in [0.2, 0.25) is 5.91 Å². The first-order chi connectivity index (χ1) is 13.0. The molecule has 4 nitrogen and oxygen atoms in total. The molecule has 0 aliphatic carbocycles. The average molecular weight is 385 g/mol. The zero-order valence-electron chi connectivity index (χ0n) is 16.6. The van der Waals surface area contributed by atoms with E-state index >= 15 is 0 Å². The van der Waals surface area contributed by atoms with Gasteiger partial charge in [0, 0.05) is 36.8 Å². The Morgan fingerprint density at radius 3 is 2.33 bits per heavy atom. The number of carbonyl (C=O) groups is 1. The lowest BCUT2D eigenvalue weighted by atomic mass is 10.1. The van der Waals surface area contributed by atoms with Crippen LogP contribution in [0.2, 0.25) is 0 Å². The first kappa shape index (κ1) is 19.6. The second kappa shape index (κ2) is 8.70. The standard InChI is InChI=1S/C22H28N2O2S/c1-16-6-5-7-21(17(16)2)23-12-14-24(15-13-23)22(25)18(3)27-20-10-8-19(26-4)9-11-20/h5-11,18H,12-15H2,1-4H3/t18-/m0/s1. The molecule has 1 atom stereocenters. The number of aryl methyl sites for hydroxylation is 1. The second-order valence-corrected chi connectivity index (χ2v) is 8.38. The summed E-state index contributed by atoms with van der Waals surface area (Å²) in [5.74, 6) is 1.05. The lowest BCUT2D eigenvalue weighted by molar-refractivity contribution is -0.130. The molecule has 144 valence electrons. The van der Waals surface area contributed by atoms with Crippen molar-refractivity contribution in [1.82, 2.24) is 4.90 Å². The molecule has 0 saturated carbocycles. The number of thioether (sulfide) groups is 1. The Kier molecular flexibility index (Phi) is 6.32. The predicted molar refractivity (Wildman–Crippen MR) is 113 cm³/mol. The predicted octanol–water partition coefficient (Wildman–Crippen LogP) is 4.14. The third kappa shape index (κ3) is 4.59. The molecular weight excluding hydrogens is 356 g/mol. The molecule has 0 bridgehead atoms. The monoisotopic (exact) mass is 384 g/mol. The van der Waals surface area contributed by atoms with Gasteiger partial charge in [0.05, 0.1) is 12.4 Å². The molecule has 2 aromatic rings. The van der Waals surface area contributed by atoms with E-state index in [1.165, 1.54) is 16.8 Å². The Labute approximate surface area is 166 Å². The summed E-state index contributed by atoms with van der Waals surface area (Å²) >= 11 is 1.61. The van der Waals surface area contributed by atoms with Crippen LogP contribution in [0.15, 0.2) is 47.4 Å². The molecular formula is C22H28N2O2S. The van der Waals surface area contributed by atoms with Crippen molar-refractivity contribution < 1.29 is 9.53 Å². The van der Waals surface area contributed by atoms with Gasteiger partial charge in [-0.3, -0.25) is 4.79 Å². The summed E-state index contributed by atoms with van der Waals surface area (Å²) in [5.41, 5.74) is 3.94. The number of piperazine rings is 1. The normalized spacial score (nSPS) is 15.6. The van der Waals surface area contributed by atoms with Gasteiger partial charge in [-0.25, -0.2) is 0 Å². The van der Waals surface area contributed by atoms with Crippen molar-refractivity contribution in [2.45, 2.75) is 30.9 Å². The van der Waals surface area contributed by atoms with Gasteiger partial charge < -0.3 is 14.5 Å². The maximum Gasteiger partial charge on any atom is 0.235 e. The zero-order chi connectivity index (χ0) is 19.4. The molecule has 1 fully saturated rings. The molecule has 3 rings (SSSR count). The highest BCUT2D eigenvalue weighted by atomic mass is 32.2. The van der Waals surface area contributed by atoms with E-state index in [2.05, 4.69) is 36.9 Å². The Hall–Kier alpha value is -2.14. The van der Waals surface area contributed by atoms with Gasteiger partial charge in [0.1, 0.15) is 5.75 Å². The van der Waals surface area contributed by atoms with Gasteiger partial charge in [-0.2, -0.15) is 0 Å². The molecule has 0 aromatic heterocycles. The minimum Gasteiger partial charge on any atom is -0.497 e. The number of hydrogen-bond donors (Lipinski definition) is 0. The lowest BCUT2D eigenvalue weighted by Gasteiger charge is -2.38. The summed E-state index contributed by atoms with van der Waals surface area (Å²) in [6.07, 6.45) is 0. The molecule has 0 radical (unpaired) electrons. The zero-order valence-corrected chi connectivity index (χ0v) is 17.4. The van der Waals surface area contributed by atoms with Crippen LogP contribution in [-0.2, 0) is 4.79 Å².